The molecule has 8 nitrogen and oxygen atoms in total. The van der Waals surface area contributed by atoms with E-state index in [0.717, 1.165) is 18.7 Å². The lowest BCUT2D eigenvalue weighted by molar-refractivity contribution is -0.128. The topological polar surface area (TPSA) is 94.3 Å². The van der Waals surface area contributed by atoms with Gasteiger partial charge < -0.3 is 24.8 Å². The Kier molecular flexibility index (Phi) is 7.48. The maximum absolute atomic E-state index is 12.4. The van der Waals surface area contributed by atoms with Crippen LogP contribution in [0.15, 0.2) is 18.2 Å². The quantitative estimate of drug-likeness (QED) is 0.672. The molecule has 0 radical (unpaired) electrons. The minimum absolute atomic E-state index is 0.0571. The number of nitrogens with two attached hydrogens (primary N) is 1. The van der Waals surface area contributed by atoms with Gasteiger partial charge in [0.25, 0.3) is 0 Å². The second kappa shape index (κ2) is 9.82. The zero-order valence-corrected chi connectivity index (χ0v) is 16.1. The number of methoxy groups -OCH3 is 3. The third kappa shape index (κ3) is 5.62. The van der Waals surface area contributed by atoms with Crippen LogP contribution in [0.3, 0.4) is 0 Å². The van der Waals surface area contributed by atoms with Crippen molar-refractivity contribution in [2.45, 2.75) is 6.42 Å². The first-order valence-electron chi connectivity index (χ1n) is 8.76. The molecule has 1 aliphatic rings. The van der Waals surface area contributed by atoms with Crippen molar-refractivity contribution in [3.8, 4) is 17.2 Å². The fourth-order valence-electron chi connectivity index (χ4n) is 2.93. The molecule has 1 aromatic carbocycles. The van der Waals surface area contributed by atoms with Gasteiger partial charge in [0.15, 0.2) is 11.5 Å². The molecule has 2 amide bonds. The number of hydrogen-bond donors (Lipinski definition) is 1. The number of piperazine rings is 1. The number of benzene rings is 1. The van der Waals surface area contributed by atoms with Crippen LogP contribution in [0.5, 0.6) is 17.2 Å². The smallest absolute Gasteiger partial charge is 0.246 e. The number of carbonyl (C=O) groups is 2. The molecular weight excluding hydrogens is 350 g/mol. The summed E-state index contributed by atoms with van der Waals surface area (Å²) in [6, 6.07) is 3.57. The van der Waals surface area contributed by atoms with Crippen LogP contribution in [0.1, 0.15) is 12.0 Å². The van der Waals surface area contributed by atoms with Crippen LogP contribution in [-0.2, 0) is 9.59 Å². The van der Waals surface area contributed by atoms with E-state index in [1.165, 1.54) is 0 Å². The molecule has 27 heavy (non-hydrogen) atoms. The van der Waals surface area contributed by atoms with Gasteiger partial charge in [0.2, 0.25) is 17.6 Å². The fourth-order valence-corrected chi connectivity index (χ4v) is 2.93. The van der Waals surface area contributed by atoms with Gasteiger partial charge in [-0.05, 0) is 23.8 Å². The lowest BCUT2D eigenvalue weighted by Crippen LogP contribution is -2.48. The average Bonchev–Trinajstić information content (AvgIpc) is 2.69. The number of hydrogen-bond acceptors (Lipinski definition) is 6. The Hall–Kier alpha value is -2.74. The maximum Gasteiger partial charge on any atom is 0.246 e. The zero-order valence-electron chi connectivity index (χ0n) is 16.1. The molecule has 0 aliphatic carbocycles. The molecule has 8 heteroatoms. The molecule has 0 spiro atoms. The fraction of sp³-hybridized carbons (Fsp3) is 0.474. The van der Waals surface area contributed by atoms with E-state index in [0.29, 0.717) is 43.3 Å². The summed E-state index contributed by atoms with van der Waals surface area (Å²) in [7, 11) is 4.64. The van der Waals surface area contributed by atoms with Crippen molar-refractivity contribution in [1.82, 2.24) is 9.80 Å². The van der Waals surface area contributed by atoms with Crippen molar-refractivity contribution in [2.75, 3.05) is 54.1 Å². The van der Waals surface area contributed by atoms with Crippen molar-refractivity contribution in [3.05, 3.63) is 23.8 Å². The highest BCUT2D eigenvalue weighted by atomic mass is 16.5. The van der Waals surface area contributed by atoms with E-state index < -0.39 is 0 Å². The molecule has 1 aromatic rings. The Morgan fingerprint density at radius 3 is 2.11 bits per heavy atom. The summed E-state index contributed by atoms with van der Waals surface area (Å²) in [6.45, 7) is 3.35. The van der Waals surface area contributed by atoms with Crippen LogP contribution in [0, 0.1) is 0 Å². The number of rotatable bonds is 8. The van der Waals surface area contributed by atoms with Gasteiger partial charge in [-0.15, -0.1) is 0 Å². The summed E-state index contributed by atoms with van der Waals surface area (Å²) in [4.78, 5) is 27.2. The third-order valence-electron chi connectivity index (χ3n) is 4.46. The van der Waals surface area contributed by atoms with E-state index in [2.05, 4.69) is 4.90 Å². The Morgan fingerprint density at radius 2 is 1.63 bits per heavy atom. The molecule has 1 fully saturated rings. The summed E-state index contributed by atoms with van der Waals surface area (Å²) in [5, 5.41) is 0. The third-order valence-corrected chi connectivity index (χ3v) is 4.46. The van der Waals surface area contributed by atoms with Crippen LogP contribution in [0.2, 0.25) is 0 Å². The summed E-state index contributed by atoms with van der Waals surface area (Å²) < 4.78 is 15.9. The number of nitrogens with zero attached hydrogens (tertiary/aromatic N) is 2. The monoisotopic (exact) mass is 377 g/mol. The molecule has 0 bridgehead atoms. The first-order chi connectivity index (χ1) is 13.0. The lowest BCUT2D eigenvalue weighted by Gasteiger charge is -2.34. The average molecular weight is 377 g/mol. The Bertz CT molecular complexity index is 672. The van der Waals surface area contributed by atoms with Crippen LogP contribution < -0.4 is 19.9 Å². The van der Waals surface area contributed by atoms with E-state index in [1.54, 1.807) is 50.5 Å². The van der Waals surface area contributed by atoms with E-state index >= 15 is 0 Å². The van der Waals surface area contributed by atoms with E-state index in [4.69, 9.17) is 19.9 Å². The second-order valence-corrected chi connectivity index (χ2v) is 6.18. The van der Waals surface area contributed by atoms with Crippen molar-refractivity contribution < 1.29 is 23.8 Å². The number of primary amides is 1. The second-order valence-electron chi connectivity index (χ2n) is 6.18. The van der Waals surface area contributed by atoms with Crippen LogP contribution >= 0.6 is 0 Å². The van der Waals surface area contributed by atoms with E-state index in [9.17, 15) is 9.59 Å². The maximum atomic E-state index is 12.4. The summed E-state index contributed by atoms with van der Waals surface area (Å²) in [5.41, 5.74) is 5.95. The molecule has 1 aliphatic heterocycles. The minimum atomic E-state index is -0.304. The highest BCUT2D eigenvalue weighted by molar-refractivity contribution is 5.92. The molecule has 2 rings (SSSR count). The molecule has 0 aromatic heterocycles. The van der Waals surface area contributed by atoms with E-state index in [1.807, 2.05) is 0 Å². The highest BCUT2D eigenvalue weighted by Crippen LogP contribution is 2.38. The van der Waals surface area contributed by atoms with Crippen LogP contribution in [0.4, 0.5) is 0 Å². The minimum Gasteiger partial charge on any atom is -0.493 e. The standard InChI is InChI=1S/C19H27N3O5/c1-25-15-12-14(13-16(26-2)19(15)27-3)4-5-18(24)22-10-8-21(9-11-22)7-6-17(20)23/h4-5,12-13H,6-11H2,1-3H3,(H2,20,23)/b5-4+. The Labute approximate surface area is 159 Å². The van der Waals surface area contributed by atoms with Crippen LogP contribution in [-0.4, -0.2) is 75.7 Å². The first-order valence-corrected chi connectivity index (χ1v) is 8.76. The van der Waals surface area contributed by atoms with Gasteiger partial charge in [-0.2, -0.15) is 0 Å². The summed E-state index contributed by atoms with van der Waals surface area (Å²) in [6.07, 6.45) is 3.61. The Morgan fingerprint density at radius 1 is 1.04 bits per heavy atom. The summed E-state index contributed by atoms with van der Waals surface area (Å²) in [5.74, 6) is 1.22. The lowest BCUT2D eigenvalue weighted by atomic mass is 10.1. The summed E-state index contributed by atoms with van der Waals surface area (Å²) >= 11 is 0. The van der Waals surface area contributed by atoms with Gasteiger partial charge in [-0.3, -0.25) is 14.5 Å². The number of ether oxygens (including phenoxy) is 3. The van der Waals surface area contributed by atoms with Gasteiger partial charge >= 0.3 is 0 Å². The molecule has 148 valence electrons. The SMILES string of the molecule is COc1cc(/C=C/C(=O)N2CCN(CCC(N)=O)CC2)cc(OC)c1OC. The first kappa shape index (κ1) is 20.6. The van der Waals surface area contributed by atoms with Crippen molar-refractivity contribution >= 4 is 17.9 Å². The van der Waals surface area contributed by atoms with Crippen molar-refractivity contribution in [1.29, 1.82) is 0 Å². The van der Waals surface area contributed by atoms with E-state index in [-0.39, 0.29) is 11.8 Å². The van der Waals surface area contributed by atoms with Crippen LogP contribution in [0.25, 0.3) is 6.08 Å². The Balaban J connectivity index is 1.98. The van der Waals surface area contributed by atoms with Gasteiger partial charge in [0, 0.05) is 45.2 Å². The normalized spacial score (nSPS) is 15.0. The van der Waals surface area contributed by atoms with Crippen molar-refractivity contribution in [2.24, 2.45) is 5.73 Å². The molecule has 1 saturated heterocycles. The molecule has 1 heterocycles. The predicted molar refractivity (Wildman–Crippen MR) is 102 cm³/mol. The molecule has 0 saturated carbocycles. The van der Waals surface area contributed by atoms with Gasteiger partial charge in [-0.1, -0.05) is 0 Å². The molecule has 2 N–H and O–H groups in total. The van der Waals surface area contributed by atoms with Gasteiger partial charge in [0.05, 0.1) is 21.3 Å². The molecular formula is C19H27N3O5. The largest absolute Gasteiger partial charge is 0.493 e. The predicted octanol–water partition coefficient (Wildman–Crippen LogP) is 0.745. The number of amides is 2. The number of carbonyl (C=O) groups excluding carboxylic acids is 2. The van der Waals surface area contributed by atoms with Gasteiger partial charge in [-0.25, -0.2) is 0 Å². The van der Waals surface area contributed by atoms with Gasteiger partial charge in [0.1, 0.15) is 0 Å². The highest BCUT2D eigenvalue weighted by Gasteiger charge is 2.20. The molecule has 0 atom stereocenters. The van der Waals surface area contributed by atoms with Crippen molar-refractivity contribution in [3.63, 3.8) is 0 Å². The molecule has 0 unspecified atom stereocenters. The zero-order chi connectivity index (χ0) is 19.8.